The molecule has 3 N–H and O–H groups in total. The maximum atomic E-state index is 11.9. The number of nitrogens with two attached hydrogens (primary N) is 1. The second-order valence-electron chi connectivity index (χ2n) is 6.79. The zero-order chi connectivity index (χ0) is 15.3. The van der Waals surface area contributed by atoms with E-state index < -0.39 is 5.54 Å². The molecule has 122 valence electrons. The Kier molecular flexibility index (Phi) is 6.02. The summed E-state index contributed by atoms with van der Waals surface area (Å²) in [7, 11) is 0. The van der Waals surface area contributed by atoms with Gasteiger partial charge in [-0.05, 0) is 52.4 Å². The van der Waals surface area contributed by atoms with Gasteiger partial charge in [-0.25, -0.2) is 0 Å². The summed E-state index contributed by atoms with van der Waals surface area (Å²) in [6.45, 7) is 5.58. The topological polar surface area (TPSA) is 73.6 Å². The Morgan fingerprint density at radius 1 is 1.38 bits per heavy atom. The van der Waals surface area contributed by atoms with Crippen molar-refractivity contribution in [2.24, 2.45) is 5.73 Å². The molecule has 0 aromatic carbocycles. The number of hydrogen-bond acceptors (Lipinski definition) is 4. The molecule has 3 unspecified atom stereocenters. The molecule has 1 amide bonds. The molecule has 0 bridgehead atoms. The van der Waals surface area contributed by atoms with Crippen molar-refractivity contribution < 1.29 is 14.3 Å². The summed E-state index contributed by atoms with van der Waals surface area (Å²) in [4.78, 5) is 11.9. The summed E-state index contributed by atoms with van der Waals surface area (Å²) < 4.78 is 11.7. The minimum absolute atomic E-state index is 0.100. The van der Waals surface area contributed by atoms with Crippen LogP contribution >= 0.6 is 0 Å². The van der Waals surface area contributed by atoms with Gasteiger partial charge < -0.3 is 20.5 Å². The molecule has 2 rings (SSSR count). The second kappa shape index (κ2) is 7.56. The molecule has 5 heteroatoms. The molecule has 0 radical (unpaired) electrons. The molecule has 5 nitrogen and oxygen atoms in total. The Morgan fingerprint density at radius 3 is 2.81 bits per heavy atom. The van der Waals surface area contributed by atoms with Crippen molar-refractivity contribution in [2.45, 2.75) is 82.6 Å². The van der Waals surface area contributed by atoms with Crippen molar-refractivity contribution in [1.29, 1.82) is 0 Å². The van der Waals surface area contributed by atoms with E-state index in [4.69, 9.17) is 15.2 Å². The Hall–Kier alpha value is -0.650. The highest BCUT2D eigenvalue weighted by Gasteiger charge is 2.42. The molecule has 1 saturated carbocycles. The van der Waals surface area contributed by atoms with Crippen LogP contribution in [-0.2, 0) is 14.3 Å². The lowest BCUT2D eigenvalue weighted by molar-refractivity contribution is -0.130. The molecule has 0 spiro atoms. The number of carbonyl (C=O) groups is 1. The van der Waals surface area contributed by atoms with Crippen LogP contribution in [-0.4, -0.2) is 42.9 Å². The van der Waals surface area contributed by atoms with Crippen LogP contribution in [0.5, 0.6) is 0 Å². The van der Waals surface area contributed by atoms with E-state index >= 15 is 0 Å². The minimum Gasteiger partial charge on any atom is -0.376 e. The Labute approximate surface area is 127 Å². The number of hydrogen-bond donors (Lipinski definition) is 2. The van der Waals surface area contributed by atoms with Gasteiger partial charge in [0.1, 0.15) is 5.54 Å². The number of carbonyl (C=O) groups excluding carboxylic acids is 1. The van der Waals surface area contributed by atoms with Crippen LogP contribution in [0.1, 0.15) is 58.8 Å². The molecule has 0 aromatic heterocycles. The van der Waals surface area contributed by atoms with Crippen LogP contribution < -0.4 is 11.1 Å². The van der Waals surface area contributed by atoms with Crippen LogP contribution in [0.15, 0.2) is 0 Å². The highest BCUT2D eigenvalue weighted by Crippen LogP contribution is 2.31. The quantitative estimate of drug-likeness (QED) is 0.783. The van der Waals surface area contributed by atoms with E-state index in [2.05, 4.69) is 5.32 Å². The van der Waals surface area contributed by atoms with Gasteiger partial charge in [0.25, 0.3) is 0 Å². The Bertz CT molecular complexity index is 342. The van der Waals surface area contributed by atoms with Gasteiger partial charge >= 0.3 is 0 Å². The van der Waals surface area contributed by atoms with E-state index in [9.17, 15) is 4.79 Å². The molecule has 1 aliphatic heterocycles. The number of amides is 1. The first-order chi connectivity index (χ1) is 10.0. The summed E-state index contributed by atoms with van der Waals surface area (Å²) >= 11 is 0. The van der Waals surface area contributed by atoms with Crippen molar-refractivity contribution in [3.05, 3.63) is 0 Å². The van der Waals surface area contributed by atoms with E-state index in [1.54, 1.807) is 0 Å². The van der Waals surface area contributed by atoms with E-state index in [1.165, 1.54) is 6.42 Å². The second-order valence-corrected chi connectivity index (χ2v) is 6.79. The monoisotopic (exact) mass is 298 g/mol. The highest BCUT2D eigenvalue weighted by atomic mass is 16.5. The van der Waals surface area contributed by atoms with Crippen molar-refractivity contribution in [1.82, 2.24) is 5.32 Å². The minimum atomic E-state index is -0.607. The molecule has 0 aromatic rings. The van der Waals surface area contributed by atoms with E-state index in [1.807, 2.05) is 13.8 Å². The lowest BCUT2D eigenvalue weighted by Crippen LogP contribution is -2.60. The molecule has 2 fully saturated rings. The standard InChI is InChI=1S/C16H30N2O3/c1-12(2)18-16(15(17)19)8-5-7-13(10-16)21-11-14-6-3-4-9-20-14/h12-14,18H,3-11H2,1-2H3,(H2,17,19). The van der Waals surface area contributed by atoms with Crippen LogP contribution in [0.3, 0.4) is 0 Å². The fraction of sp³-hybridized carbons (Fsp3) is 0.938. The third kappa shape index (κ3) is 4.66. The summed E-state index contributed by atoms with van der Waals surface area (Å²) in [5.74, 6) is -0.251. The number of rotatable bonds is 6. The number of primary amides is 1. The van der Waals surface area contributed by atoms with Crippen molar-refractivity contribution in [3.63, 3.8) is 0 Å². The van der Waals surface area contributed by atoms with Gasteiger partial charge in [0.05, 0.1) is 18.8 Å². The van der Waals surface area contributed by atoms with Gasteiger partial charge in [-0.3, -0.25) is 4.79 Å². The van der Waals surface area contributed by atoms with Crippen molar-refractivity contribution >= 4 is 5.91 Å². The van der Waals surface area contributed by atoms with Gasteiger partial charge in [-0.15, -0.1) is 0 Å². The Morgan fingerprint density at radius 2 is 2.19 bits per heavy atom. The predicted molar refractivity (Wildman–Crippen MR) is 82.0 cm³/mol. The molecular formula is C16H30N2O3. The molecule has 21 heavy (non-hydrogen) atoms. The average molecular weight is 298 g/mol. The predicted octanol–water partition coefficient (Wildman–Crippen LogP) is 1.74. The van der Waals surface area contributed by atoms with Gasteiger partial charge in [0, 0.05) is 19.1 Å². The molecular weight excluding hydrogens is 268 g/mol. The zero-order valence-electron chi connectivity index (χ0n) is 13.4. The zero-order valence-corrected chi connectivity index (χ0v) is 13.4. The summed E-state index contributed by atoms with van der Waals surface area (Å²) in [6.07, 6.45) is 7.23. The lowest BCUT2D eigenvalue weighted by atomic mass is 9.79. The first-order valence-electron chi connectivity index (χ1n) is 8.33. The van der Waals surface area contributed by atoms with E-state index in [0.717, 1.165) is 38.7 Å². The lowest BCUT2D eigenvalue weighted by Gasteiger charge is -2.40. The van der Waals surface area contributed by atoms with E-state index in [0.29, 0.717) is 13.0 Å². The summed E-state index contributed by atoms with van der Waals surface area (Å²) in [5, 5.41) is 3.38. The average Bonchev–Trinajstić information content (AvgIpc) is 2.46. The van der Waals surface area contributed by atoms with Crippen LogP contribution in [0.4, 0.5) is 0 Å². The van der Waals surface area contributed by atoms with Crippen LogP contribution in [0.2, 0.25) is 0 Å². The first-order valence-corrected chi connectivity index (χ1v) is 8.33. The first kappa shape index (κ1) is 16.7. The summed E-state index contributed by atoms with van der Waals surface area (Å²) in [6, 6.07) is 0.234. The third-order valence-electron chi connectivity index (χ3n) is 4.53. The molecule has 3 atom stereocenters. The molecule has 2 aliphatic rings. The van der Waals surface area contributed by atoms with Crippen molar-refractivity contribution in [2.75, 3.05) is 13.2 Å². The maximum Gasteiger partial charge on any atom is 0.237 e. The van der Waals surface area contributed by atoms with Crippen LogP contribution in [0, 0.1) is 0 Å². The van der Waals surface area contributed by atoms with Gasteiger partial charge in [0.2, 0.25) is 5.91 Å². The van der Waals surface area contributed by atoms with Gasteiger partial charge in [0.15, 0.2) is 0 Å². The normalized spacial score (nSPS) is 34.0. The van der Waals surface area contributed by atoms with Gasteiger partial charge in [-0.1, -0.05) is 0 Å². The van der Waals surface area contributed by atoms with Gasteiger partial charge in [-0.2, -0.15) is 0 Å². The number of nitrogens with one attached hydrogen (secondary N) is 1. The highest BCUT2D eigenvalue weighted by molar-refractivity contribution is 5.84. The van der Waals surface area contributed by atoms with E-state index in [-0.39, 0.29) is 24.2 Å². The fourth-order valence-corrected chi connectivity index (χ4v) is 3.53. The maximum absolute atomic E-state index is 11.9. The van der Waals surface area contributed by atoms with Crippen LogP contribution in [0.25, 0.3) is 0 Å². The summed E-state index contributed by atoms with van der Waals surface area (Å²) in [5.41, 5.74) is 5.06. The largest absolute Gasteiger partial charge is 0.376 e. The molecule has 1 heterocycles. The number of ether oxygens (including phenoxy) is 2. The smallest absolute Gasteiger partial charge is 0.237 e. The fourth-order valence-electron chi connectivity index (χ4n) is 3.53. The third-order valence-corrected chi connectivity index (χ3v) is 4.53. The van der Waals surface area contributed by atoms with Crippen molar-refractivity contribution in [3.8, 4) is 0 Å². The SMILES string of the molecule is CC(C)NC1(C(N)=O)CCCC(OCC2CCCCO2)C1. The molecule has 1 saturated heterocycles. The Balaban J connectivity index is 1.87. The molecule has 1 aliphatic carbocycles.